The summed E-state index contributed by atoms with van der Waals surface area (Å²) in [5.74, 6) is 0. The zero-order valence-corrected chi connectivity index (χ0v) is 10.8. The normalized spacial score (nSPS) is 11.1. The Hall–Kier alpha value is -1.96. The molecule has 0 fully saturated rings. The minimum Gasteiger partial charge on any atom is -0.446 e. The highest BCUT2D eigenvalue weighted by molar-refractivity contribution is 7.91. The summed E-state index contributed by atoms with van der Waals surface area (Å²) in [6.45, 7) is 3.21. The van der Waals surface area contributed by atoms with Gasteiger partial charge in [-0.2, -0.15) is 8.42 Å². The number of nitrogens with two attached hydrogens (primary N) is 1. The minimum absolute atomic E-state index is 0.183. The van der Waals surface area contributed by atoms with Crippen molar-refractivity contribution in [2.24, 2.45) is 0 Å². The van der Waals surface area contributed by atoms with Gasteiger partial charge in [0.25, 0.3) is 0 Å². The molecule has 0 aliphatic rings. The predicted octanol–water partition coefficient (Wildman–Crippen LogP) is 1.06. The van der Waals surface area contributed by atoms with E-state index in [-0.39, 0.29) is 11.4 Å². The summed E-state index contributed by atoms with van der Waals surface area (Å²) >= 11 is 0. The van der Waals surface area contributed by atoms with Crippen molar-refractivity contribution in [2.75, 3.05) is 10.5 Å². The van der Waals surface area contributed by atoms with Gasteiger partial charge in [-0.05, 0) is 26.0 Å². The number of carbonyl (C=O) groups is 1. The standard InChI is InChI=1S/C10H15N3O4S/c1-7(2)17-10(14)13-18(15,16)12-9-6-4-3-5-8(9)11/h3-7,12H,11H2,1-2H3,(H,13,14). The van der Waals surface area contributed by atoms with Crippen molar-refractivity contribution < 1.29 is 17.9 Å². The number of para-hydroxylation sites is 2. The van der Waals surface area contributed by atoms with Gasteiger partial charge in [-0.15, -0.1) is 0 Å². The summed E-state index contributed by atoms with van der Waals surface area (Å²) in [6, 6.07) is 6.28. The maximum Gasteiger partial charge on any atom is 0.422 e. The first-order valence-electron chi connectivity index (χ1n) is 5.16. The Balaban J connectivity index is 2.72. The van der Waals surface area contributed by atoms with Gasteiger partial charge in [0, 0.05) is 0 Å². The second-order valence-corrected chi connectivity index (χ2v) is 5.16. The van der Waals surface area contributed by atoms with Crippen molar-refractivity contribution in [3.63, 3.8) is 0 Å². The summed E-state index contributed by atoms with van der Waals surface area (Å²) in [5.41, 5.74) is 6.00. The number of benzene rings is 1. The summed E-state index contributed by atoms with van der Waals surface area (Å²) in [4.78, 5) is 11.2. The molecule has 4 N–H and O–H groups in total. The van der Waals surface area contributed by atoms with E-state index in [9.17, 15) is 13.2 Å². The molecule has 0 aliphatic carbocycles. The number of nitrogen functional groups attached to an aromatic ring is 1. The van der Waals surface area contributed by atoms with Gasteiger partial charge < -0.3 is 10.5 Å². The lowest BCUT2D eigenvalue weighted by molar-refractivity contribution is 0.121. The van der Waals surface area contributed by atoms with E-state index >= 15 is 0 Å². The molecule has 0 aliphatic heterocycles. The van der Waals surface area contributed by atoms with Gasteiger partial charge in [0.15, 0.2) is 0 Å². The molecule has 7 nitrogen and oxygen atoms in total. The molecular weight excluding hydrogens is 258 g/mol. The number of carbonyl (C=O) groups excluding carboxylic acids is 1. The van der Waals surface area contributed by atoms with Crippen molar-refractivity contribution in [2.45, 2.75) is 20.0 Å². The number of nitrogens with one attached hydrogen (secondary N) is 2. The maximum absolute atomic E-state index is 11.6. The first-order valence-corrected chi connectivity index (χ1v) is 6.64. The largest absolute Gasteiger partial charge is 0.446 e. The van der Waals surface area contributed by atoms with Crippen LogP contribution in [0, 0.1) is 0 Å². The van der Waals surface area contributed by atoms with Crippen LogP contribution in [0.5, 0.6) is 0 Å². The molecule has 0 radical (unpaired) electrons. The third-order valence-corrected chi connectivity index (χ3v) is 2.69. The second-order valence-electron chi connectivity index (χ2n) is 3.75. The van der Waals surface area contributed by atoms with Gasteiger partial charge in [0.05, 0.1) is 17.5 Å². The quantitative estimate of drug-likeness (QED) is 0.710. The first kappa shape index (κ1) is 14.1. The van der Waals surface area contributed by atoms with Gasteiger partial charge in [0.2, 0.25) is 0 Å². The predicted molar refractivity (Wildman–Crippen MR) is 68.1 cm³/mol. The third-order valence-electron chi connectivity index (χ3n) is 1.77. The number of rotatable bonds is 4. The highest BCUT2D eigenvalue weighted by Crippen LogP contribution is 2.17. The van der Waals surface area contributed by atoms with Crippen molar-refractivity contribution in [1.29, 1.82) is 0 Å². The van der Waals surface area contributed by atoms with Gasteiger partial charge in [-0.3, -0.25) is 4.72 Å². The molecule has 1 aromatic carbocycles. The summed E-state index contributed by atoms with van der Waals surface area (Å²) < 4.78 is 31.6. The Morgan fingerprint density at radius 3 is 2.50 bits per heavy atom. The fraction of sp³-hybridized carbons (Fsp3) is 0.300. The summed E-state index contributed by atoms with van der Waals surface area (Å²) in [5, 5.41) is 0. The molecule has 0 bridgehead atoms. The van der Waals surface area contributed by atoms with Crippen LogP contribution in [0.15, 0.2) is 24.3 Å². The Morgan fingerprint density at radius 1 is 1.33 bits per heavy atom. The number of ether oxygens (including phenoxy) is 1. The Bertz CT molecular complexity index is 528. The molecule has 1 aromatic rings. The van der Waals surface area contributed by atoms with E-state index in [0.717, 1.165) is 0 Å². The Morgan fingerprint density at radius 2 is 1.94 bits per heavy atom. The van der Waals surface area contributed by atoms with Gasteiger partial charge >= 0.3 is 16.3 Å². The van der Waals surface area contributed by atoms with Gasteiger partial charge in [0.1, 0.15) is 0 Å². The monoisotopic (exact) mass is 273 g/mol. The molecule has 0 atom stereocenters. The van der Waals surface area contributed by atoms with E-state index in [1.807, 2.05) is 0 Å². The zero-order valence-electron chi connectivity index (χ0n) is 10.0. The molecule has 0 saturated heterocycles. The second kappa shape index (κ2) is 5.58. The molecule has 8 heteroatoms. The first-order chi connectivity index (χ1) is 8.30. The molecule has 1 amide bonds. The number of amides is 1. The summed E-state index contributed by atoms with van der Waals surface area (Å²) in [7, 11) is -4.06. The number of hydrogen-bond donors (Lipinski definition) is 3. The average molecular weight is 273 g/mol. The van der Waals surface area contributed by atoms with E-state index in [1.165, 1.54) is 12.1 Å². The average Bonchev–Trinajstić information content (AvgIpc) is 2.18. The lowest BCUT2D eigenvalue weighted by atomic mass is 10.3. The van der Waals surface area contributed by atoms with Crippen molar-refractivity contribution in [1.82, 2.24) is 4.72 Å². The van der Waals surface area contributed by atoms with Crippen molar-refractivity contribution in [3.8, 4) is 0 Å². The highest BCUT2D eigenvalue weighted by Gasteiger charge is 2.17. The SMILES string of the molecule is CC(C)OC(=O)NS(=O)(=O)Nc1ccccc1N. The van der Waals surface area contributed by atoms with Crippen LogP contribution < -0.4 is 15.2 Å². The molecule has 0 unspecified atom stereocenters. The molecule has 18 heavy (non-hydrogen) atoms. The molecule has 0 spiro atoms. The van der Waals surface area contributed by atoms with Gasteiger partial charge in [-0.1, -0.05) is 12.1 Å². The fourth-order valence-corrected chi connectivity index (χ4v) is 1.90. The fourth-order valence-electron chi connectivity index (χ4n) is 1.11. The van der Waals surface area contributed by atoms with Crippen LogP contribution in [0.3, 0.4) is 0 Å². The highest BCUT2D eigenvalue weighted by atomic mass is 32.2. The van der Waals surface area contributed by atoms with Crippen LogP contribution in [0.2, 0.25) is 0 Å². The van der Waals surface area contributed by atoms with E-state index in [0.29, 0.717) is 0 Å². The van der Waals surface area contributed by atoms with E-state index in [4.69, 9.17) is 5.73 Å². The third kappa shape index (κ3) is 4.50. The minimum atomic E-state index is -4.06. The number of hydrogen-bond acceptors (Lipinski definition) is 5. The van der Waals surface area contributed by atoms with Crippen LogP contribution in [-0.4, -0.2) is 20.6 Å². The maximum atomic E-state index is 11.6. The lowest BCUT2D eigenvalue weighted by Crippen LogP contribution is -2.36. The molecular formula is C10H15N3O4S. The van der Waals surface area contributed by atoms with E-state index < -0.39 is 22.4 Å². The molecule has 0 aromatic heterocycles. The number of anilines is 2. The molecule has 0 heterocycles. The van der Waals surface area contributed by atoms with Crippen LogP contribution in [0.25, 0.3) is 0 Å². The molecule has 1 rings (SSSR count). The van der Waals surface area contributed by atoms with Crippen LogP contribution in [0.1, 0.15) is 13.8 Å². The van der Waals surface area contributed by atoms with Crippen molar-refractivity contribution in [3.05, 3.63) is 24.3 Å². The molecule has 100 valence electrons. The Labute approximate surface area is 106 Å². The summed E-state index contributed by atoms with van der Waals surface area (Å²) in [6.07, 6.45) is -1.46. The van der Waals surface area contributed by atoms with Gasteiger partial charge in [-0.25, -0.2) is 9.52 Å². The smallest absolute Gasteiger partial charge is 0.422 e. The van der Waals surface area contributed by atoms with Crippen LogP contribution in [-0.2, 0) is 14.9 Å². The zero-order chi connectivity index (χ0) is 13.8. The van der Waals surface area contributed by atoms with Crippen LogP contribution in [0.4, 0.5) is 16.2 Å². The van der Waals surface area contributed by atoms with E-state index in [2.05, 4.69) is 9.46 Å². The lowest BCUT2D eigenvalue weighted by Gasteiger charge is -2.12. The topological polar surface area (TPSA) is 111 Å². The van der Waals surface area contributed by atoms with Crippen LogP contribution >= 0.6 is 0 Å². The van der Waals surface area contributed by atoms with Crippen molar-refractivity contribution >= 4 is 27.7 Å². The Kier molecular flexibility index (Phi) is 4.38. The molecule has 0 saturated carbocycles. The van der Waals surface area contributed by atoms with E-state index in [1.54, 1.807) is 30.7 Å².